The van der Waals surface area contributed by atoms with E-state index in [0.717, 1.165) is 30.5 Å². The molecule has 4 heteroatoms. The van der Waals surface area contributed by atoms with Gasteiger partial charge in [-0.1, -0.05) is 48.9 Å². The molecule has 0 heterocycles. The summed E-state index contributed by atoms with van der Waals surface area (Å²) in [5.41, 5.74) is 1.82. The van der Waals surface area contributed by atoms with E-state index in [4.69, 9.17) is 0 Å². The summed E-state index contributed by atoms with van der Waals surface area (Å²) >= 11 is 0. The molecule has 1 aliphatic rings. The van der Waals surface area contributed by atoms with Gasteiger partial charge in [-0.3, -0.25) is 0 Å². The Kier molecular flexibility index (Phi) is 9.11. The first kappa shape index (κ1) is 25.0. The SMILES string of the molecule is C=CC1CCC(/C(=C/C=C/CCc2ccc(-c3cc(F)c(CF)c(F)c3)c(F)c2)CC)CC1. The number of halogens is 4. The summed E-state index contributed by atoms with van der Waals surface area (Å²) in [5, 5.41) is 0. The van der Waals surface area contributed by atoms with Crippen LogP contribution in [0, 0.1) is 29.3 Å². The zero-order valence-corrected chi connectivity index (χ0v) is 19.2. The Balaban J connectivity index is 1.59. The zero-order valence-electron chi connectivity index (χ0n) is 19.2. The van der Waals surface area contributed by atoms with Gasteiger partial charge < -0.3 is 0 Å². The fourth-order valence-electron chi connectivity index (χ4n) is 4.64. The minimum atomic E-state index is -1.24. The van der Waals surface area contributed by atoms with Crippen LogP contribution in [0.5, 0.6) is 0 Å². The average Bonchev–Trinajstić information content (AvgIpc) is 2.81. The summed E-state index contributed by atoms with van der Waals surface area (Å²) in [6.45, 7) is 4.88. The molecule has 0 atom stereocenters. The highest BCUT2D eigenvalue weighted by molar-refractivity contribution is 5.65. The van der Waals surface area contributed by atoms with Gasteiger partial charge in [0.15, 0.2) is 0 Å². The molecule has 1 saturated carbocycles. The molecule has 33 heavy (non-hydrogen) atoms. The van der Waals surface area contributed by atoms with Crippen LogP contribution in [0.15, 0.2) is 66.8 Å². The lowest BCUT2D eigenvalue weighted by Crippen LogP contribution is -2.14. The molecule has 176 valence electrons. The van der Waals surface area contributed by atoms with Crippen LogP contribution < -0.4 is 0 Å². The van der Waals surface area contributed by atoms with Crippen LogP contribution in [-0.2, 0) is 13.1 Å². The van der Waals surface area contributed by atoms with Crippen LogP contribution in [0.2, 0.25) is 0 Å². The molecule has 0 N–H and O–H groups in total. The molecule has 0 aromatic heterocycles. The molecule has 1 fully saturated rings. The van der Waals surface area contributed by atoms with Gasteiger partial charge in [-0.2, -0.15) is 0 Å². The van der Waals surface area contributed by atoms with Gasteiger partial charge in [0.25, 0.3) is 0 Å². The van der Waals surface area contributed by atoms with Crippen LogP contribution in [0.3, 0.4) is 0 Å². The lowest BCUT2D eigenvalue weighted by atomic mass is 9.77. The Labute approximate surface area is 194 Å². The van der Waals surface area contributed by atoms with E-state index in [1.54, 1.807) is 6.07 Å². The van der Waals surface area contributed by atoms with Gasteiger partial charge in [-0.25, -0.2) is 17.6 Å². The molecular weight excluding hydrogens is 424 g/mol. The minimum Gasteiger partial charge on any atom is -0.246 e. The van der Waals surface area contributed by atoms with E-state index in [2.05, 4.69) is 37.8 Å². The van der Waals surface area contributed by atoms with Crippen molar-refractivity contribution in [3.63, 3.8) is 0 Å². The molecule has 0 aliphatic heterocycles. The molecule has 0 bridgehead atoms. The third kappa shape index (κ3) is 6.46. The first-order chi connectivity index (χ1) is 16.0. The maximum absolute atomic E-state index is 14.6. The van der Waals surface area contributed by atoms with Crippen molar-refractivity contribution in [2.45, 2.75) is 58.5 Å². The molecule has 0 amide bonds. The molecule has 0 spiro atoms. The molecule has 0 saturated heterocycles. The van der Waals surface area contributed by atoms with E-state index < -0.39 is 29.7 Å². The van der Waals surface area contributed by atoms with Gasteiger partial charge in [0, 0.05) is 5.56 Å². The van der Waals surface area contributed by atoms with E-state index in [-0.39, 0.29) is 11.1 Å². The minimum absolute atomic E-state index is 0.0606. The maximum Gasteiger partial charge on any atom is 0.132 e. The average molecular weight is 457 g/mol. The van der Waals surface area contributed by atoms with Crippen molar-refractivity contribution in [2.75, 3.05) is 0 Å². The van der Waals surface area contributed by atoms with Crippen molar-refractivity contribution in [2.24, 2.45) is 11.8 Å². The number of benzene rings is 2. The Hall–Kier alpha value is -2.62. The Morgan fingerprint density at radius 1 is 1.00 bits per heavy atom. The van der Waals surface area contributed by atoms with Gasteiger partial charge in [-0.05, 0) is 86.1 Å². The normalized spacial score (nSPS) is 19.2. The van der Waals surface area contributed by atoms with Crippen LogP contribution >= 0.6 is 0 Å². The number of rotatable bonds is 9. The molecular formula is C29H32F4. The highest BCUT2D eigenvalue weighted by atomic mass is 19.1. The zero-order chi connectivity index (χ0) is 23.8. The summed E-state index contributed by atoms with van der Waals surface area (Å²) in [6.07, 6.45) is 15.9. The van der Waals surface area contributed by atoms with Crippen molar-refractivity contribution >= 4 is 0 Å². The second kappa shape index (κ2) is 12.0. The van der Waals surface area contributed by atoms with Gasteiger partial charge in [0.2, 0.25) is 0 Å². The van der Waals surface area contributed by atoms with E-state index in [0.29, 0.717) is 18.3 Å². The standard InChI is InChI=1S/C29H32F4/c1-3-20-10-13-23(14-11-20)22(4-2)9-7-5-6-8-21-12-15-25(27(31)16-21)24-17-28(32)26(19-30)29(33)18-24/h3,5,7,9,12,15-18,20,23H,1,4,6,8,10-11,13-14,19H2,2H3/b7-5+,22-9+. The van der Waals surface area contributed by atoms with Crippen molar-refractivity contribution in [3.05, 3.63) is 95.4 Å². The van der Waals surface area contributed by atoms with E-state index in [9.17, 15) is 17.6 Å². The Morgan fingerprint density at radius 3 is 2.27 bits per heavy atom. The predicted octanol–water partition coefficient (Wildman–Crippen LogP) is 9.06. The summed E-state index contributed by atoms with van der Waals surface area (Å²) in [5.74, 6) is -1.24. The maximum atomic E-state index is 14.6. The first-order valence-electron chi connectivity index (χ1n) is 11.8. The summed E-state index contributed by atoms with van der Waals surface area (Å²) < 4.78 is 55.0. The smallest absolute Gasteiger partial charge is 0.132 e. The summed E-state index contributed by atoms with van der Waals surface area (Å²) in [6, 6.07) is 6.62. The quantitative estimate of drug-likeness (QED) is 0.201. The fraction of sp³-hybridized carbons (Fsp3) is 0.379. The predicted molar refractivity (Wildman–Crippen MR) is 128 cm³/mol. The van der Waals surface area contributed by atoms with Gasteiger partial charge in [-0.15, -0.1) is 6.58 Å². The molecule has 3 rings (SSSR count). The molecule has 0 nitrogen and oxygen atoms in total. The molecule has 2 aromatic carbocycles. The highest BCUT2D eigenvalue weighted by Gasteiger charge is 2.21. The van der Waals surface area contributed by atoms with Gasteiger partial charge in [0.05, 0.1) is 5.56 Å². The number of hydrogen-bond donors (Lipinski definition) is 0. The lowest BCUT2D eigenvalue weighted by molar-refractivity contribution is 0.341. The third-order valence-corrected chi connectivity index (χ3v) is 6.70. The highest BCUT2D eigenvalue weighted by Crippen LogP contribution is 2.35. The largest absolute Gasteiger partial charge is 0.246 e. The van der Waals surface area contributed by atoms with E-state index in [1.165, 1.54) is 43.4 Å². The van der Waals surface area contributed by atoms with Crippen LogP contribution in [-0.4, -0.2) is 0 Å². The fourth-order valence-corrected chi connectivity index (χ4v) is 4.64. The lowest BCUT2D eigenvalue weighted by Gasteiger charge is -2.28. The van der Waals surface area contributed by atoms with Crippen molar-refractivity contribution in [1.82, 2.24) is 0 Å². The van der Waals surface area contributed by atoms with E-state index >= 15 is 0 Å². The number of aryl methyl sites for hydroxylation is 1. The van der Waals surface area contributed by atoms with Crippen LogP contribution in [0.25, 0.3) is 11.1 Å². The number of allylic oxidation sites excluding steroid dienone is 5. The van der Waals surface area contributed by atoms with Gasteiger partial charge in [0.1, 0.15) is 24.1 Å². The molecule has 1 aliphatic carbocycles. The monoisotopic (exact) mass is 456 g/mol. The van der Waals surface area contributed by atoms with Gasteiger partial charge >= 0.3 is 0 Å². The van der Waals surface area contributed by atoms with Crippen molar-refractivity contribution < 1.29 is 17.6 Å². The first-order valence-corrected chi connectivity index (χ1v) is 11.8. The second-order valence-corrected chi connectivity index (χ2v) is 8.78. The Bertz CT molecular complexity index is 987. The molecule has 0 radical (unpaired) electrons. The topological polar surface area (TPSA) is 0 Å². The number of hydrogen-bond acceptors (Lipinski definition) is 0. The Morgan fingerprint density at radius 2 is 1.70 bits per heavy atom. The summed E-state index contributed by atoms with van der Waals surface area (Å²) in [4.78, 5) is 0. The van der Waals surface area contributed by atoms with Crippen LogP contribution in [0.4, 0.5) is 17.6 Å². The second-order valence-electron chi connectivity index (χ2n) is 8.78. The van der Waals surface area contributed by atoms with Crippen molar-refractivity contribution in [1.29, 1.82) is 0 Å². The third-order valence-electron chi connectivity index (χ3n) is 6.70. The van der Waals surface area contributed by atoms with Crippen molar-refractivity contribution in [3.8, 4) is 11.1 Å². The number of alkyl halides is 1. The molecule has 0 unspecified atom stereocenters. The molecule has 2 aromatic rings. The summed E-state index contributed by atoms with van der Waals surface area (Å²) in [7, 11) is 0. The van der Waals surface area contributed by atoms with E-state index in [1.807, 2.05) is 0 Å². The van der Waals surface area contributed by atoms with Crippen LogP contribution in [0.1, 0.15) is 56.6 Å².